The van der Waals surface area contributed by atoms with Gasteiger partial charge in [0.25, 0.3) is 5.69 Å². The lowest BCUT2D eigenvalue weighted by Crippen LogP contribution is -2.32. The minimum Gasteiger partial charge on any atom is -0.355 e. The number of hydrogen-bond donors (Lipinski definition) is 1. The third-order valence-electron chi connectivity index (χ3n) is 3.93. The number of nitro groups is 1. The van der Waals surface area contributed by atoms with Gasteiger partial charge in [-0.15, -0.1) is 34.4 Å². The van der Waals surface area contributed by atoms with Gasteiger partial charge in [0, 0.05) is 33.8 Å². The van der Waals surface area contributed by atoms with Crippen LogP contribution >= 0.6 is 34.4 Å². The molecule has 1 aromatic carbocycles. The second kappa shape index (κ2) is 9.31. The molecule has 146 valence electrons. The van der Waals surface area contributed by atoms with Crippen LogP contribution in [-0.2, 0) is 11.2 Å². The van der Waals surface area contributed by atoms with E-state index in [0.717, 1.165) is 26.9 Å². The number of thioether (sulfide) groups is 1. The Morgan fingerprint density at radius 1 is 1.29 bits per heavy atom. The molecule has 3 rings (SSSR count). The monoisotopic (exact) mass is 433 g/mol. The van der Waals surface area contributed by atoms with Gasteiger partial charge in [0.15, 0.2) is 0 Å². The van der Waals surface area contributed by atoms with E-state index in [2.05, 4.69) is 27.8 Å². The zero-order valence-corrected chi connectivity index (χ0v) is 17.8. The molecule has 0 aliphatic carbocycles. The summed E-state index contributed by atoms with van der Waals surface area (Å²) in [6.07, 6.45) is 0.772. The van der Waals surface area contributed by atoms with Crippen molar-refractivity contribution in [2.45, 2.75) is 30.4 Å². The summed E-state index contributed by atoms with van der Waals surface area (Å²) < 4.78 is 0. The Labute approximate surface area is 175 Å². The van der Waals surface area contributed by atoms with E-state index in [4.69, 9.17) is 0 Å². The van der Waals surface area contributed by atoms with Gasteiger partial charge in [0.2, 0.25) is 5.91 Å². The highest BCUT2D eigenvalue weighted by Gasteiger charge is 2.15. The van der Waals surface area contributed by atoms with Crippen LogP contribution in [0.4, 0.5) is 5.69 Å². The molecule has 28 heavy (non-hydrogen) atoms. The smallest absolute Gasteiger partial charge is 0.269 e. The van der Waals surface area contributed by atoms with E-state index in [1.807, 2.05) is 13.8 Å². The molecule has 9 heteroatoms. The van der Waals surface area contributed by atoms with Gasteiger partial charge < -0.3 is 5.32 Å². The third kappa shape index (κ3) is 5.40. The Kier molecular flexibility index (Phi) is 6.82. The molecule has 0 aliphatic rings. The van der Waals surface area contributed by atoms with Crippen molar-refractivity contribution in [3.8, 4) is 10.6 Å². The van der Waals surface area contributed by atoms with Crippen LogP contribution in [0.2, 0.25) is 0 Å². The van der Waals surface area contributed by atoms with Crippen LogP contribution in [0, 0.1) is 17.0 Å². The molecule has 0 aliphatic heterocycles. The summed E-state index contributed by atoms with van der Waals surface area (Å²) in [6.45, 7) is 4.39. The normalized spacial score (nSPS) is 11.9. The molecule has 1 unspecified atom stereocenters. The van der Waals surface area contributed by atoms with E-state index in [-0.39, 0.29) is 16.8 Å². The van der Waals surface area contributed by atoms with E-state index in [1.54, 1.807) is 34.8 Å². The highest BCUT2D eigenvalue weighted by atomic mass is 32.2. The summed E-state index contributed by atoms with van der Waals surface area (Å²) in [5.74, 6) is -0.0461. The van der Waals surface area contributed by atoms with Crippen molar-refractivity contribution in [1.29, 1.82) is 0 Å². The van der Waals surface area contributed by atoms with E-state index < -0.39 is 4.92 Å². The first-order chi connectivity index (χ1) is 13.4. The molecule has 0 saturated heterocycles. The van der Waals surface area contributed by atoms with Crippen molar-refractivity contribution < 1.29 is 9.72 Å². The van der Waals surface area contributed by atoms with Gasteiger partial charge in [-0.25, -0.2) is 4.98 Å². The highest BCUT2D eigenvalue weighted by molar-refractivity contribution is 8.00. The van der Waals surface area contributed by atoms with Gasteiger partial charge in [-0.2, -0.15) is 0 Å². The maximum atomic E-state index is 12.3. The van der Waals surface area contributed by atoms with Gasteiger partial charge in [0.1, 0.15) is 0 Å². The van der Waals surface area contributed by atoms with Crippen molar-refractivity contribution >= 4 is 46.0 Å². The van der Waals surface area contributed by atoms with E-state index in [9.17, 15) is 14.9 Å². The first-order valence-electron chi connectivity index (χ1n) is 8.62. The Morgan fingerprint density at radius 2 is 2.04 bits per heavy atom. The number of amides is 1. The zero-order chi connectivity index (χ0) is 20.1. The lowest BCUT2D eigenvalue weighted by molar-refractivity contribution is -0.384. The molecular weight excluding hydrogens is 414 g/mol. The lowest BCUT2D eigenvalue weighted by atomic mass is 10.3. The molecule has 0 fully saturated rings. The number of benzene rings is 1. The maximum absolute atomic E-state index is 12.3. The largest absolute Gasteiger partial charge is 0.355 e. The fraction of sp³-hybridized carbons (Fsp3) is 0.263. The van der Waals surface area contributed by atoms with Crippen LogP contribution in [0.1, 0.15) is 16.8 Å². The standard InChI is InChI=1S/C19H19N3O3S3/c1-12(27-15-5-3-14(4-6-15)22(24)25)19(23)20-10-9-16-7-8-18(28-16)17-11-26-13(2)21-17/h3-8,11-12H,9-10H2,1-2H3,(H,20,23). The van der Waals surface area contributed by atoms with Crippen LogP contribution in [0.25, 0.3) is 10.6 Å². The molecule has 3 aromatic rings. The fourth-order valence-electron chi connectivity index (χ4n) is 2.48. The zero-order valence-electron chi connectivity index (χ0n) is 15.4. The summed E-state index contributed by atoms with van der Waals surface area (Å²) in [4.78, 5) is 30.2. The number of non-ortho nitro benzene ring substituents is 1. The Balaban J connectivity index is 1.46. The van der Waals surface area contributed by atoms with Gasteiger partial charge in [-0.3, -0.25) is 14.9 Å². The topological polar surface area (TPSA) is 85.1 Å². The SMILES string of the molecule is Cc1nc(-c2ccc(CCNC(=O)C(C)Sc3ccc([N+](=O)[O-])cc3)s2)cs1. The van der Waals surface area contributed by atoms with Crippen LogP contribution in [0.3, 0.4) is 0 Å². The van der Waals surface area contributed by atoms with Crippen molar-refractivity contribution in [3.63, 3.8) is 0 Å². The van der Waals surface area contributed by atoms with E-state index >= 15 is 0 Å². The van der Waals surface area contributed by atoms with E-state index in [1.165, 1.54) is 28.8 Å². The maximum Gasteiger partial charge on any atom is 0.269 e. The van der Waals surface area contributed by atoms with Crippen molar-refractivity contribution in [1.82, 2.24) is 10.3 Å². The number of thiophene rings is 1. The van der Waals surface area contributed by atoms with Gasteiger partial charge in [-0.1, -0.05) is 0 Å². The van der Waals surface area contributed by atoms with Gasteiger partial charge in [-0.05, 0) is 44.5 Å². The molecule has 6 nitrogen and oxygen atoms in total. The van der Waals surface area contributed by atoms with Crippen molar-refractivity contribution in [3.05, 3.63) is 61.8 Å². The van der Waals surface area contributed by atoms with Crippen molar-refractivity contribution in [2.24, 2.45) is 0 Å². The summed E-state index contributed by atoms with van der Waals surface area (Å²) >= 11 is 4.72. The summed E-state index contributed by atoms with van der Waals surface area (Å²) in [6, 6.07) is 10.4. The van der Waals surface area contributed by atoms with Crippen LogP contribution < -0.4 is 5.32 Å². The average Bonchev–Trinajstić information content (AvgIpc) is 3.31. The minimum atomic E-state index is -0.434. The Hall–Kier alpha value is -2.23. The Morgan fingerprint density at radius 3 is 2.68 bits per heavy atom. The summed E-state index contributed by atoms with van der Waals surface area (Å²) in [5.41, 5.74) is 1.06. The van der Waals surface area contributed by atoms with Crippen molar-refractivity contribution in [2.75, 3.05) is 6.54 Å². The highest BCUT2D eigenvalue weighted by Crippen LogP contribution is 2.29. The molecule has 1 N–H and O–H groups in total. The number of aromatic nitrogens is 1. The van der Waals surface area contributed by atoms with Crippen LogP contribution in [0.15, 0.2) is 46.7 Å². The van der Waals surface area contributed by atoms with Crippen LogP contribution in [-0.4, -0.2) is 27.6 Å². The number of nitrogens with zero attached hydrogens (tertiary/aromatic N) is 2. The number of carbonyl (C=O) groups excluding carboxylic acids is 1. The first kappa shape index (κ1) is 20.5. The second-order valence-corrected chi connectivity index (χ2v) is 9.71. The fourth-order valence-corrected chi connectivity index (χ4v) is 5.03. The number of nitrogens with one attached hydrogen (secondary N) is 1. The molecule has 0 radical (unpaired) electrons. The predicted molar refractivity (Wildman–Crippen MR) is 115 cm³/mol. The third-order valence-corrected chi connectivity index (χ3v) is 6.99. The number of aryl methyl sites for hydroxylation is 1. The number of nitro benzene ring substituents is 1. The second-order valence-electron chi connectivity index (χ2n) is 6.07. The number of thiazole rings is 1. The van der Waals surface area contributed by atoms with Gasteiger partial charge in [0.05, 0.1) is 25.8 Å². The molecule has 2 heterocycles. The first-order valence-corrected chi connectivity index (χ1v) is 11.2. The minimum absolute atomic E-state index is 0.0459. The quantitative estimate of drug-likeness (QED) is 0.309. The molecule has 0 saturated carbocycles. The van der Waals surface area contributed by atoms with Gasteiger partial charge >= 0.3 is 0 Å². The molecule has 0 bridgehead atoms. The Bertz CT molecular complexity index is 966. The molecule has 1 atom stereocenters. The number of carbonyl (C=O) groups is 1. The van der Waals surface area contributed by atoms with E-state index in [0.29, 0.717) is 6.54 Å². The summed E-state index contributed by atoms with van der Waals surface area (Å²) in [5, 5.41) is 16.5. The summed E-state index contributed by atoms with van der Waals surface area (Å²) in [7, 11) is 0. The molecular formula is C19H19N3O3S3. The predicted octanol–water partition coefficient (Wildman–Crippen LogP) is 4.93. The number of rotatable bonds is 8. The molecule has 0 spiro atoms. The molecule has 2 aromatic heterocycles. The van der Waals surface area contributed by atoms with Crippen LogP contribution in [0.5, 0.6) is 0 Å². The lowest BCUT2D eigenvalue weighted by Gasteiger charge is -2.11. The molecule has 1 amide bonds. The average molecular weight is 434 g/mol. The number of hydrogen-bond acceptors (Lipinski definition) is 7.